The van der Waals surface area contributed by atoms with E-state index in [1.807, 2.05) is 0 Å². The zero-order valence-electron chi connectivity index (χ0n) is 13.9. The number of amides is 1. The molecule has 2 aromatic rings. The maximum Gasteiger partial charge on any atom is 0.335 e. The monoisotopic (exact) mass is 345 g/mol. The standard InChI is InChI=1S/C19H20FNO4/c1-21(12-13-25-17-9-7-16(20)8-10-17)18(22)11-4-14-2-5-15(6-3-14)19(23)24/h2-3,5-10H,4,11-13H2,1H3,(H,23,24). The summed E-state index contributed by atoms with van der Waals surface area (Å²) in [5, 5.41) is 8.85. The van der Waals surface area contributed by atoms with Crippen molar-refractivity contribution in [3.63, 3.8) is 0 Å². The van der Waals surface area contributed by atoms with Gasteiger partial charge in [-0.2, -0.15) is 0 Å². The van der Waals surface area contributed by atoms with Gasteiger partial charge in [0.1, 0.15) is 18.2 Å². The van der Waals surface area contributed by atoms with Crippen molar-refractivity contribution in [1.29, 1.82) is 0 Å². The van der Waals surface area contributed by atoms with Crippen LogP contribution in [-0.4, -0.2) is 42.1 Å². The second kappa shape index (κ2) is 8.82. The summed E-state index contributed by atoms with van der Waals surface area (Å²) in [6, 6.07) is 12.2. The Hall–Kier alpha value is -2.89. The van der Waals surface area contributed by atoms with E-state index in [1.165, 1.54) is 36.4 Å². The smallest absolute Gasteiger partial charge is 0.335 e. The van der Waals surface area contributed by atoms with Gasteiger partial charge in [-0.15, -0.1) is 0 Å². The number of carboxylic acids is 1. The molecule has 1 N–H and O–H groups in total. The third-order valence-electron chi connectivity index (χ3n) is 3.76. The van der Waals surface area contributed by atoms with Crippen LogP contribution in [0.25, 0.3) is 0 Å². The highest BCUT2D eigenvalue weighted by Crippen LogP contribution is 2.11. The van der Waals surface area contributed by atoms with E-state index in [9.17, 15) is 14.0 Å². The van der Waals surface area contributed by atoms with Gasteiger partial charge in [-0.1, -0.05) is 12.1 Å². The van der Waals surface area contributed by atoms with E-state index in [1.54, 1.807) is 24.1 Å². The molecule has 0 aliphatic rings. The summed E-state index contributed by atoms with van der Waals surface area (Å²) < 4.78 is 18.3. The Morgan fingerprint density at radius 2 is 1.72 bits per heavy atom. The largest absolute Gasteiger partial charge is 0.492 e. The van der Waals surface area contributed by atoms with E-state index in [0.717, 1.165) is 5.56 Å². The normalized spacial score (nSPS) is 10.3. The molecule has 0 heterocycles. The SMILES string of the molecule is CN(CCOc1ccc(F)cc1)C(=O)CCc1ccc(C(=O)O)cc1. The molecule has 0 spiro atoms. The molecule has 0 unspecified atom stereocenters. The number of hydrogen-bond donors (Lipinski definition) is 1. The summed E-state index contributed by atoms with van der Waals surface area (Å²) in [6.07, 6.45) is 0.876. The summed E-state index contributed by atoms with van der Waals surface area (Å²) in [6.45, 7) is 0.745. The minimum absolute atomic E-state index is 0.0231. The molecule has 0 aliphatic heterocycles. The Morgan fingerprint density at radius 3 is 2.32 bits per heavy atom. The van der Waals surface area contributed by atoms with Gasteiger partial charge in [-0.05, 0) is 48.4 Å². The van der Waals surface area contributed by atoms with Crippen molar-refractivity contribution in [2.24, 2.45) is 0 Å². The van der Waals surface area contributed by atoms with Crippen LogP contribution < -0.4 is 4.74 Å². The first-order valence-electron chi connectivity index (χ1n) is 7.90. The first-order chi connectivity index (χ1) is 12.0. The molecule has 0 fully saturated rings. The van der Waals surface area contributed by atoms with Gasteiger partial charge in [0.25, 0.3) is 0 Å². The second-order valence-electron chi connectivity index (χ2n) is 5.62. The third kappa shape index (κ3) is 5.91. The Labute approximate surface area is 145 Å². The lowest BCUT2D eigenvalue weighted by molar-refractivity contribution is -0.130. The molecule has 2 aromatic carbocycles. The van der Waals surface area contributed by atoms with Crippen molar-refractivity contribution in [3.05, 3.63) is 65.5 Å². The molecule has 2 rings (SSSR count). The van der Waals surface area contributed by atoms with Gasteiger partial charge in [-0.3, -0.25) is 4.79 Å². The first kappa shape index (κ1) is 18.4. The zero-order valence-corrected chi connectivity index (χ0v) is 13.9. The van der Waals surface area contributed by atoms with Crippen molar-refractivity contribution >= 4 is 11.9 Å². The molecular weight excluding hydrogens is 325 g/mol. The molecule has 25 heavy (non-hydrogen) atoms. The minimum Gasteiger partial charge on any atom is -0.492 e. The van der Waals surface area contributed by atoms with Gasteiger partial charge in [-0.25, -0.2) is 9.18 Å². The Bertz CT molecular complexity index is 713. The number of aromatic carboxylic acids is 1. The number of aryl methyl sites for hydroxylation is 1. The van der Waals surface area contributed by atoms with Crippen LogP contribution in [0.3, 0.4) is 0 Å². The Balaban J connectivity index is 1.72. The van der Waals surface area contributed by atoms with Gasteiger partial charge in [0.15, 0.2) is 0 Å². The molecule has 0 radical (unpaired) electrons. The number of carbonyl (C=O) groups excluding carboxylic acids is 1. The van der Waals surface area contributed by atoms with E-state index in [-0.39, 0.29) is 17.3 Å². The number of ether oxygens (including phenoxy) is 1. The molecule has 132 valence electrons. The molecule has 0 saturated carbocycles. The summed E-state index contributed by atoms with van der Waals surface area (Å²) in [4.78, 5) is 24.5. The van der Waals surface area contributed by atoms with E-state index in [4.69, 9.17) is 9.84 Å². The Kier molecular flexibility index (Phi) is 6.51. The number of halogens is 1. The highest BCUT2D eigenvalue weighted by molar-refractivity contribution is 5.87. The van der Waals surface area contributed by atoms with Crippen LogP contribution >= 0.6 is 0 Å². The van der Waals surface area contributed by atoms with Crippen LogP contribution in [0.4, 0.5) is 4.39 Å². The van der Waals surface area contributed by atoms with Gasteiger partial charge in [0.05, 0.1) is 12.1 Å². The van der Waals surface area contributed by atoms with Crippen molar-refractivity contribution in [2.45, 2.75) is 12.8 Å². The van der Waals surface area contributed by atoms with Crippen LogP contribution in [0.2, 0.25) is 0 Å². The van der Waals surface area contributed by atoms with E-state index < -0.39 is 5.97 Å². The van der Waals surface area contributed by atoms with Crippen molar-refractivity contribution in [2.75, 3.05) is 20.2 Å². The number of nitrogens with zero attached hydrogens (tertiary/aromatic N) is 1. The van der Waals surface area contributed by atoms with Gasteiger partial charge in [0, 0.05) is 13.5 Å². The van der Waals surface area contributed by atoms with Gasteiger partial charge < -0.3 is 14.7 Å². The lowest BCUT2D eigenvalue weighted by Gasteiger charge is -2.17. The highest BCUT2D eigenvalue weighted by Gasteiger charge is 2.09. The number of carbonyl (C=O) groups is 2. The zero-order chi connectivity index (χ0) is 18.2. The average molecular weight is 345 g/mol. The lowest BCUT2D eigenvalue weighted by atomic mass is 10.1. The molecule has 5 nitrogen and oxygen atoms in total. The molecule has 6 heteroatoms. The van der Waals surface area contributed by atoms with Crippen molar-refractivity contribution in [1.82, 2.24) is 4.90 Å². The van der Waals surface area contributed by atoms with Crippen LogP contribution in [0.1, 0.15) is 22.3 Å². The number of carboxylic acid groups (broad SMARTS) is 1. The number of rotatable bonds is 8. The minimum atomic E-state index is -0.969. The second-order valence-corrected chi connectivity index (χ2v) is 5.62. The van der Waals surface area contributed by atoms with E-state index in [0.29, 0.717) is 31.7 Å². The molecular formula is C19H20FNO4. The van der Waals surface area contributed by atoms with Gasteiger partial charge in [0.2, 0.25) is 5.91 Å². The molecule has 0 saturated heterocycles. The maximum atomic E-state index is 12.8. The van der Waals surface area contributed by atoms with E-state index in [2.05, 4.69) is 0 Å². The summed E-state index contributed by atoms with van der Waals surface area (Å²) >= 11 is 0. The third-order valence-corrected chi connectivity index (χ3v) is 3.76. The average Bonchev–Trinajstić information content (AvgIpc) is 2.61. The summed E-state index contributed by atoms with van der Waals surface area (Å²) in [5.74, 6) is -0.759. The molecule has 0 aromatic heterocycles. The van der Waals surface area contributed by atoms with E-state index >= 15 is 0 Å². The van der Waals surface area contributed by atoms with Crippen LogP contribution in [0.5, 0.6) is 5.75 Å². The fraction of sp³-hybridized carbons (Fsp3) is 0.263. The van der Waals surface area contributed by atoms with Crippen LogP contribution in [0, 0.1) is 5.82 Å². The molecule has 0 aliphatic carbocycles. The van der Waals surface area contributed by atoms with Crippen LogP contribution in [-0.2, 0) is 11.2 Å². The lowest BCUT2D eigenvalue weighted by Crippen LogP contribution is -2.31. The predicted molar refractivity (Wildman–Crippen MR) is 91.3 cm³/mol. The summed E-state index contributed by atoms with van der Waals surface area (Å²) in [5.41, 5.74) is 1.14. The Morgan fingerprint density at radius 1 is 1.08 bits per heavy atom. The number of hydrogen-bond acceptors (Lipinski definition) is 3. The molecule has 0 atom stereocenters. The highest BCUT2D eigenvalue weighted by atomic mass is 19.1. The first-order valence-corrected chi connectivity index (χ1v) is 7.90. The quantitative estimate of drug-likeness (QED) is 0.799. The van der Waals surface area contributed by atoms with Crippen molar-refractivity contribution in [3.8, 4) is 5.75 Å². The fourth-order valence-corrected chi connectivity index (χ4v) is 2.21. The summed E-state index contributed by atoms with van der Waals surface area (Å²) in [7, 11) is 1.70. The number of likely N-dealkylation sites (N-methyl/N-ethyl adjacent to an activating group) is 1. The molecule has 0 bridgehead atoms. The molecule has 1 amide bonds. The van der Waals surface area contributed by atoms with Gasteiger partial charge >= 0.3 is 5.97 Å². The van der Waals surface area contributed by atoms with Crippen molar-refractivity contribution < 1.29 is 23.8 Å². The maximum absolute atomic E-state index is 12.8. The predicted octanol–water partition coefficient (Wildman–Crippen LogP) is 2.99. The number of benzene rings is 2. The van der Waals surface area contributed by atoms with Crippen LogP contribution in [0.15, 0.2) is 48.5 Å². The topological polar surface area (TPSA) is 66.8 Å². The fourth-order valence-electron chi connectivity index (χ4n) is 2.21.